The van der Waals surface area contributed by atoms with Crippen LogP contribution in [0.15, 0.2) is 24.3 Å². The van der Waals surface area contributed by atoms with Crippen molar-refractivity contribution in [2.24, 2.45) is 5.92 Å². The van der Waals surface area contributed by atoms with Crippen LogP contribution in [0, 0.1) is 5.92 Å². The lowest BCUT2D eigenvalue weighted by Gasteiger charge is -2.34. The third kappa shape index (κ3) is 6.03. The first-order valence-electron chi connectivity index (χ1n) is 11.4. The van der Waals surface area contributed by atoms with E-state index in [9.17, 15) is 19.2 Å². The second-order valence-corrected chi connectivity index (χ2v) is 9.21. The summed E-state index contributed by atoms with van der Waals surface area (Å²) >= 11 is 0. The number of urea groups is 1. The van der Waals surface area contributed by atoms with Crippen LogP contribution in [0.2, 0.25) is 0 Å². The Kier molecular flexibility index (Phi) is 8.11. The number of nitrogens with one attached hydrogen (secondary N) is 3. The maximum Gasteiger partial charge on any atom is 0.344 e. The Morgan fingerprint density at radius 3 is 2.12 bits per heavy atom. The van der Waals surface area contributed by atoms with Gasteiger partial charge in [-0.15, -0.1) is 0 Å². The summed E-state index contributed by atoms with van der Waals surface area (Å²) in [5, 5.41) is 6.30. The first-order chi connectivity index (χ1) is 16.1. The number of hydrogen-bond acceptors (Lipinski definition) is 7. The van der Waals surface area contributed by atoms with Gasteiger partial charge >= 0.3 is 6.03 Å². The van der Waals surface area contributed by atoms with Crippen molar-refractivity contribution in [3.05, 3.63) is 29.8 Å². The van der Waals surface area contributed by atoms with Crippen LogP contribution in [0.3, 0.4) is 0 Å². The summed E-state index contributed by atoms with van der Waals surface area (Å²) in [5.41, 5.74) is 1.72. The van der Waals surface area contributed by atoms with Crippen LogP contribution in [0.1, 0.15) is 26.3 Å². The molecule has 0 aliphatic carbocycles. The molecule has 1 aromatic carbocycles. The molecule has 11 heteroatoms. The normalized spacial score (nSPS) is 21.5. The third-order valence-corrected chi connectivity index (χ3v) is 6.00. The lowest BCUT2D eigenvalue weighted by Crippen LogP contribution is -2.54. The van der Waals surface area contributed by atoms with E-state index in [-0.39, 0.29) is 12.5 Å². The van der Waals surface area contributed by atoms with Gasteiger partial charge in [-0.3, -0.25) is 29.6 Å². The van der Waals surface area contributed by atoms with Gasteiger partial charge in [0.2, 0.25) is 5.91 Å². The Hall–Kier alpha value is -3.18. The van der Waals surface area contributed by atoms with Crippen molar-refractivity contribution in [3.8, 4) is 5.75 Å². The quantitative estimate of drug-likeness (QED) is 0.427. The van der Waals surface area contributed by atoms with E-state index in [1.807, 2.05) is 23.6 Å². The summed E-state index contributed by atoms with van der Waals surface area (Å²) in [4.78, 5) is 54.0. The minimum atomic E-state index is -1.29. The number of methoxy groups -OCH3 is 1. The van der Waals surface area contributed by atoms with Crippen LogP contribution in [0.4, 0.5) is 4.79 Å². The number of benzene rings is 1. The zero-order chi connectivity index (χ0) is 24.9. The number of rotatable bonds is 9. The molecule has 2 heterocycles. The first kappa shape index (κ1) is 25.4. The van der Waals surface area contributed by atoms with Crippen molar-refractivity contribution in [1.29, 1.82) is 0 Å². The van der Waals surface area contributed by atoms with E-state index in [4.69, 9.17) is 4.74 Å². The number of hydrazine groups is 1. The molecule has 3 rings (SSSR count). The molecule has 0 radical (unpaired) electrons. The van der Waals surface area contributed by atoms with Crippen LogP contribution in [-0.4, -0.2) is 91.5 Å². The largest absolute Gasteiger partial charge is 0.497 e. The van der Waals surface area contributed by atoms with Crippen molar-refractivity contribution in [3.63, 3.8) is 0 Å². The summed E-state index contributed by atoms with van der Waals surface area (Å²) in [6.07, 6.45) is 0. The zero-order valence-electron chi connectivity index (χ0n) is 20.2. The van der Waals surface area contributed by atoms with E-state index in [0.29, 0.717) is 56.5 Å². The van der Waals surface area contributed by atoms with Gasteiger partial charge in [0.05, 0.1) is 20.2 Å². The highest BCUT2D eigenvalue weighted by molar-refractivity contribution is 6.08. The fourth-order valence-corrected chi connectivity index (χ4v) is 3.91. The third-order valence-electron chi connectivity index (χ3n) is 6.00. The van der Waals surface area contributed by atoms with E-state index in [2.05, 4.69) is 16.1 Å². The van der Waals surface area contributed by atoms with Crippen LogP contribution < -0.4 is 20.8 Å². The first-order valence-corrected chi connectivity index (χ1v) is 11.4. The molecule has 2 saturated heterocycles. The van der Waals surface area contributed by atoms with Crippen LogP contribution in [0.5, 0.6) is 5.75 Å². The fourth-order valence-electron chi connectivity index (χ4n) is 3.91. The standard InChI is InChI=1S/C23H34N6O5/c1-16(2)13-24-19(30)14-27-9-11-28(12-10-27)15-20(31)26-29-21(32)23(3,25-22(29)33)17-5-7-18(34-4)8-6-17/h5-8,16H,9-15H2,1-4H3,(H,24,30)(H,25,33)(H,26,31). The van der Waals surface area contributed by atoms with Gasteiger partial charge in [-0.05, 0) is 30.5 Å². The Morgan fingerprint density at radius 2 is 1.59 bits per heavy atom. The number of ether oxygens (including phenoxy) is 1. The number of hydrogen-bond donors (Lipinski definition) is 3. The molecule has 1 aromatic rings. The van der Waals surface area contributed by atoms with E-state index >= 15 is 0 Å². The number of carbonyl (C=O) groups is 4. The Bertz CT molecular complexity index is 913. The predicted molar refractivity (Wildman–Crippen MR) is 125 cm³/mol. The van der Waals surface area contributed by atoms with Crippen molar-refractivity contribution in [2.45, 2.75) is 26.3 Å². The molecule has 2 fully saturated rings. The van der Waals surface area contributed by atoms with Crippen molar-refractivity contribution in [1.82, 2.24) is 30.9 Å². The Morgan fingerprint density at radius 1 is 1.03 bits per heavy atom. The van der Waals surface area contributed by atoms with E-state index in [1.54, 1.807) is 38.3 Å². The number of amides is 5. The maximum absolute atomic E-state index is 13.0. The monoisotopic (exact) mass is 474 g/mol. The zero-order valence-corrected chi connectivity index (χ0v) is 20.2. The fraction of sp³-hybridized carbons (Fsp3) is 0.565. The molecule has 0 saturated carbocycles. The molecule has 186 valence electrons. The van der Waals surface area contributed by atoms with Crippen LogP contribution >= 0.6 is 0 Å². The van der Waals surface area contributed by atoms with Crippen LogP contribution in [-0.2, 0) is 19.9 Å². The van der Waals surface area contributed by atoms with Gasteiger partial charge in [-0.1, -0.05) is 26.0 Å². The number of carbonyl (C=O) groups excluding carboxylic acids is 4. The van der Waals surface area contributed by atoms with Gasteiger partial charge in [0.15, 0.2) is 0 Å². The Balaban J connectivity index is 1.48. The SMILES string of the molecule is COc1ccc(C2(C)NC(=O)N(NC(=O)CN3CCN(CC(=O)NCC(C)C)CC3)C2=O)cc1. The summed E-state index contributed by atoms with van der Waals surface area (Å²) < 4.78 is 5.14. The predicted octanol–water partition coefficient (Wildman–Crippen LogP) is -0.117. The van der Waals surface area contributed by atoms with Crippen LogP contribution in [0.25, 0.3) is 0 Å². The average molecular weight is 475 g/mol. The molecule has 0 spiro atoms. The smallest absolute Gasteiger partial charge is 0.344 e. The van der Waals surface area contributed by atoms with E-state index < -0.39 is 23.4 Å². The van der Waals surface area contributed by atoms with Crippen molar-refractivity contribution >= 4 is 23.8 Å². The summed E-state index contributed by atoms with van der Waals surface area (Å²) in [5.74, 6) is 0.0146. The lowest BCUT2D eigenvalue weighted by molar-refractivity contribution is -0.139. The van der Waals surface area contributed by atoms with Crippen molar-refractivity contribution in [2.75, 3.05) is 52.9 Å². The average Bonchev–Trinajstić information content (AvgIpc) is 3.03. The second kappa shape index (κ2) is 10.8. The van der Waals surface area contributed by atoms with Gasteiger partial charge in [0, 0.05) is 32.7 Å². The molecular weight excluding hydrogens is 440 g/mol. The van der Waals surface area contributed by atoms with Crippen molar-refractivity contribution < 1.29 is 23.9 Å². The van der Waals surface area contributed by atoms with Gasteiger partial charge in [0.25, 0.3) is 11.8 Å². The van der Waals surface area contributed by atoms with Gasteiger partial charge in [0.1, 0.15) is 11.3 Å². The van der Waals surface area contributed by atoms with E-state index in [0.717, 1.165) is 5.01 Å². The molecule has 11 nitrogen and oxygen atoms in total. The highest BCUT2D eigenvalue weighted by atomic mass is 16.5. The summed E-state index contributed by atoms with van der Waals surface area (Å²) in [6.45, 7) is 9.23. The molecule has 1 unspecified atom stereocenters. The topological polar surface area (TPSA) is 123 Å². The highest BCUT2D eigenvalue weighted by Gasteiger charge is 2.50. The second-order valence-electron chi connectivity index (χ2n) is 9.21. The summed E-state index contributed by atoms with van der Waals surface area (Å²) in [7, 11) is 1.54. The molecule has 0 aromatic heterocycles. The minimum absolute atomic E-state index is 0.00152. The maximum atomic E-state index is 13.0. The van der Waals surface area contributed by atoms with Gasteiger partial charge in [-0.25, -0.2) is 4.79 Å². The van der Waals surface area contributed by atoms with Gasteiger partial charge < -0.3 is 15.4 Å². The highest BCUT2D eigenvalue weighted by Crippen LogP contribution is 2.29. The molecule has 0 bridgehead atoms. The minimum Gasteiger partial charge on any atom is -0.497 e. The number of imide groups is 1. The molecule has 1 atom stereocenters. The number of piperazine rings is 1. The summed E-state index contributed by atoms with van der Waals surface area (Å²) in [6, 6.07) is 6.12. The Labute approximate surface area is 199 Å². The molecule has 2 aliphatic rings. The molecular formula is C23H34N6O5. The van der Waals surface area contributed by atoms with Gasteiger partial charge in [-0.2, -0.15) is 5.01 Å². The molecule has 34 heavy (non-hydrogen) atoms. The molecule has 5 amide bonds. The lowest BCUT2D eigenvalue weighted by atomic mass is 9.92. The number of nitrogens with zero attached hydrogens (tertiary/aromatic N) is 3. The van der Waals surface area contributed by atoms with E-state index in [1.165, 1.54) is 0 Å². The molecule has 3 N–H and O–H groups in total. The molecule has 2 aliphatic heterocycles.